The predicted octanol–water partition coefficient (Wildman–Crippen LogP) is 1.65. The number of thioether (sulfide) groups is 1. The van der Waals surface area contributed by atoms with E-state index in [-0.39, 0.29) is 0 Å². The molecule has 1 rings (SSSR count). The molecule has 0 fully saturated rings. The lowest BCUT2D eigenvalue weighted by molar-refractivity contribution is 0.138. The Morgan fingerprint density at radius 3 is 3.00 bits per heavy atom. The summed E-state index contributed by atoms with van der Waals surface area (Å²) in [5.74, 6) is 1.20. The lowest BCUT2D eigenvalue weighted by Crippen LogP contribution is -2.09. The Balaban J connectivity index is 2.32. The monoisotopic (exact) mass is 130 g/mol. The van der Waals surface area contributed by atoms with Crippen LogP contribution in [0.15, 0.2) is 11.5 Å². The number of rotatable bonds is 1. The zero-order valence-corrected chi connectivity index (χ0v) is 5.78. The molecule has 0 spiro atoms. The molecule has 0 saturated carbocycles. The van der Waals surface area contributed by atoms with Crippen LogP contribution >= 0.6 is 11.8 Å². The van der Waals surface area contributed by atoms with E-state index < -0.39 is 0 Å². The average Bonchev–Trinajstić information content (AvgIpc) is 1.90. The topological polar surface area (TPSA) is 9.23 Å². The summed E-state index contributed by atoms with van der Waals surface area (Å²) in [4.78, 5) is 0. The minimum absolute atomic E-state index is 0.385. The van der Waals surface area contributed by atoms with Crippen LogP contribution in [0.2, 0.25) is 0 Å². The lowest BCUT2D eigenvalue weighted by Gasteiger charge is -2.12. The summed E-state index contributed by atoms with van der Waals surface area (Å²) in [6, 6.07) is 0. The van der Waals surface area contributed by atoms with Gasteiger partial charge in [0.25, 0.3) is 0 Å². The average molecular weight is 130 g/mol. The molecule has 1 atom stereocenters. The second-order valence-electron chi connectivity index (χ2n) is 1.76. The summed E-state index contributed by atoms with van der Waals surface area (Å²) in [6.45, 7) is 0. The molecule has 0 saturated heterocycles. The molecule has 0 aromatic rings. The van der Waals surface area contributed by atoms with Crippen LogP contribution in [-0.4, -0.2) is 19.0 Å². The van der Waals surface area contributed by atoms with Crippen molar-refractivity contribution in [1.29, 1.82) is 0 Å². The molecule has 1 nitrogen and oxygen atoms in total. The van der Waals surface area contributed by atoms with Gasteiger partial charge < -0.3 is 4.74 Å². The van der Waals surface area contributed by atoms with Crippen molar-refractivity contribution in [2.75, 3.05) is 12.9 Å². The van der Waals surface area contributed by atoms with Crippen molar-refractivity contribution in [3.8, 4) is 0 Å². The van der Waals surface area contributed by atoms with Gasteiger partial charge >= 0.3 is 0 Å². The van der Waals surface area contributed by atoms with E-state index in [0.29, 0.717) is 6.10 Å². The van der Waals surface area contributed by atoms with E-state index in [1.165, 1.54) is 5.75 Å². The third-order valence-electron chi connectivity index (χ3n) is 1.21. The standard InChI is InChI=1S/C6H10OS/c1-7-6-2-4-8-5-3-6/h2,4,6H,3,5H2,1H3. The molecule has 0 aromatic carbocycles. The SMILES string of the molecule is COC1C=CSCC1. The van der Waals surface area contributed by atoms with Crippen molar-refractivity contribution < 1.29 is 4.74 Å². The second-order valence-corrected chi connectivity index (χ2v) is 2.78. The molecule has 0 aromatic heterocycles. The first-order valence-corrected chi connectivity index (χ1v) is 3.79. The van der Waals surface area contributed by atoms with Gasteiger partial charge in [0.1, 0.15) is 0 Å². The first-order chi connectivity index (χ1) is 3.93. The molecule has 0 amide bonds. The fourth-order valence-electron chi connectivity index (χ4n) is 0.688. The largest absolute Gasteiger partial charge is 0.377 e. The highest BCUT2D eigenvalue weighted by atomic mass is 32.2. The van der Waals surface area contributed by atoms with Gasteiger partial charge in [-0.1, -0.05) is 0 Å². The van der Waals surface area contributed by atoms with E-state index in [1.54, 1.807) is 7.11 Å². The molecule has 0 radical (unpaired) electrons. The summed E-state index contributed by atoms with van der Waals surface area (Å²) in [7, 11) is 1.75. The number of hydrogen-bond acceptors (Lipinski definition) is 2. The van der Waals surface area contributed by atoms with Crippen molar-refractivity contribution in [3.05, 3.63) is 11.5 Å². The van der Waals surface area contributed by atoms with Crippen molar-refractivity contribution in [2.45, 2.75) is 12.5 Å². The van der Waals surface area contributed by atoms with Crippen LogP contribution in [0.5, 0.6) is 0 Å². The molecule has 2 heteroatoms. The van der Waals surface area contributed by atoms with Crippen LogP contribution in [-0.2, 0) is 4.74 Å². The van der Waals surface area contributed by atoms with E-state index in [1.807, 2.05) is 11.8 Å². The molecule has 8 heavy (non-hydrogen) atoms. The van der Waals surface area contributed by atoms with Gasteiger partial charge in [0, 0.05) is 12.9 Å². The molecule has 46 valence electrons. The molecule has 0 aliphatic carbocycles. The molecule has 1 aliphatic rings. The summed E-state index contributed by atoms with van der Waals surface area (Å²) >= 11 is 1.85. The fourth-order valence-corrected chi connectivity index (χ4v) is 1.48. The first-order valence-electron chi connectivity index (χ1n) is 2.74. The summed E-state index contributed by atoms with van der Waals surface area (Å²) in [5, 5.41) is 2.11. The minimum atomic E-state index is 0.385. The van der Waals surface area contributed by atoms with Crippen LogP contribution in [0.4, 0.5) is 0 Å². The Morgan fingerprint density at radius 1 is 1.75 bits per heavy atom. The maximum Gasteiger partial charge on any atom is 0.0767 e. The van der Waals surface area contributed by atoms with Crippen LogP contribution in [0, 0.1) is 0 Å². The molecule has 0 N–H and O–H groups in total. The molecule has 0 bridgehead atoms. The van der Waals surface area contributed by atoms with Crippen LogP contribution in [0.1, 0.15) is 6.42 Å². The van der Waals surface area contributed by atoms with E-state index in [0.717, 1.165) is 6.42 Å². The number of methoxy groups -OCH3 is 1. The number of ether oxygens (including phenoxy) is 1. The fraction of sp³-hybridized carbons (Fsp3) is 0.667. The predicted molar refractivity (Wildman–Crippen MR) is 37.0 cm³/mol. The van der Waals surface area contributed by atoms with Crippen LogP contribution < -0.4 is 0 Å². The van der Waals surface area contributed by atoms with Crippen LogP contribution in [0.3, 0.4) is 0 Å². The van der Waals surface area contributed by atoms with E-state index >= 15 is 0 Å². The van der Waals surface area contributed by atoms with E-state index in [2.05, 4.69) is 11.5 Å². The van der Waals surface area contributed by atoms with Gasteiger partial charge in [0.15, 0.2) is 0 Å². The highest BCUT2D eigenvalue weighted by Gasteiger charge is 2.04. The van der Waals surface area contributed by atoms with Gasteiger partial charge in [-0.25, -0.2) is 0 Å². The Hall–Kier alpha value is 0.0500. The summed E-state index contributed by atoms with van der Waals surface area (Å²) in [6.07, 6.45) is 3.66. The molecule has 1 heterocycles. The highest BCUT2D eigenvalue weighted by molar-refractivity contribution is 8.02. The lowest BCUT2D eigenvalue weighted by atomic mass is 10.3. The molecule has 1 aliphatic heterocycles. The number of hydrogen-bond donors (Lipinski definition) is 0. The second kappa shape index (κ2) is 3.15. The van der Waals surface area contributed by atoms with Crippen molar-refractivity contribution >= 4 is 11.8 Å². The minimum Gasteiger partial charge on any atom is -0.377 e. The smallest absolute Gasteiger partial charge is 0.0767 e. The van der Waals surface area contributed by atoms with Gasteiger partial charge in [-0.2, -0.15) is 0 Å². The highest BCUT2D eigenvalue weighted by Crippen LogP contribution is 2.15. The summed E-state index contributed by atoms with van der Waals surface area (Å²) in [5.41, 5.74) is 0. The quantitative estimate of drug-likeness (QED) is 0.533. The molecular formula is C6H10OS. The first kappa shape index (κ1) is 6.17. The van der Waals surface area contributed by atoms with E-state index in [4.69, 9.17) is 4.74 Å². The van der Waals surface area contributed by atoms with Gasteiger partial charge in [-0.3, -0.25) is 0 Å². The molecular weight excluding hydrogens is 120 g/mol. The molecule has 1 unspecified atom stereocenters. The Morgan fingerprint density at radius 2 is 2.62 bits per heavy atom. The van der Waals surface area contributed by atoms with Gasteiger partial charge in [0.2, 0.25) is 0 Å². The van der Waals surface area contributed by atoms with Crippen molar-refractivity contribution in [2.24, 2.45) is 0 Å². The Labute approximate surface area is 54.1 Å². The van der Waals surface area contributed by atoms with Gasteiger partial charge in [-0.15, -0.1) is 11.8 Å². The maximum atomic E-state index is 5.09. The summed E-state index contributed by atoms with van der Waals surface area (Å²) < 4.78 is 5.09. The van der Waals surface area contributed by atoms with Crippen molar-refractivity contribution in [1.82, 2.24) is 0 Å². The zero-order chi connectivity index (χ0) is 5.82. The zero-order valence-electron chi connectivity index (χ0n) is 4.96. The van der Waals surface area contributed by atoms with Crippen LogP contribution in [0.25, 0.3) is 0 Å². The van der Waals surface area contributed by atoms with Crippen molar-refractivity contribution in [3.63, 3.8) is 0 Å². The Kier molecular flexibility index (Phi) is 2.43. The normalized spacial score (nSPS) is 28.4. The third kappa shape index (κ3) is 1.53. The van der Waals surface area contributed by atoms with Gasteiger partial charge in [0.05, 0.1) is 6.10 Å². The van der Waals surface area contributed by atoms with Gasteiger partial charge in [-0.05, 0) is 17.9 Å². The third-order valence-corrected chi connectivity index (χ3v) is 2.03. The maximum absolute atomic E-state index is 5.09. The Bertz CT molecular complexity index is 90.5. The van der Waals surface area contributed by atoms with E-state index in [9.17, 15) is 0 Å².